The molecule has 27 heavy (non-hydrogen) atoms. The molecular formula is C21H21NO4S. The third kappa shape index (κ3) is 4.11. The molecule has 2 aliphatic heterocycles. The molecule has 1 saturated heterocycles. The number of fused-ring (bicyclic) bond motifs is 1. The fourth-order valence-corrected chi connectivity index (χ4v) is 4.05. The Morgan fingerprint density at radius 1 is 1.04 bits per heavy atom. The number of rotatable bonds is 5. The highest BCUT2D eigenvalue weighted by atomic mass is 32.2. The van der Waals surface area contributed by atoms with E-state index in [1.807, 2.05) is 36.4 Å². The van der Waals surface area contributed by atoms with Gasteiger partial charge in [0.15, 0.2) is 17.3 Å². The fourth-order valence-electron chi connectivity index (χ4n) is 3.23. The third-order valence-corrected chi connectivity index (χ3v) is 5.64. The van der Waals surface area contributed by atoms with E-state index in [0.717, 1.165) is 41.5 Å². The van der Waals surface area contributed by atoms with Crippen LogP contribution in [0.4, 0.5) is 5.69 Å². The van der Waals surface area contributed by atoms with Crippen molar-refractivity contribution in [1.82, 2.24) is 0 Å². The molecule has 0 spiro atoms. The Kier molecular flexibility index (Phi) is 5.34. The smallest absolute Gasteiger partial charge is 0.227 e. The number of carbonyl (C=O) groups excluding carboxylic acids is 2. The molecule has 0 aromatic heterocycles. The summed E-state index contributed by atoms with van der Waals surface area (Å²) >= 11 is 1.48. The molecule has 140 valence electrons. The Morgan fingerprint density at radius 3 is 2.70 bits per heavy atom. The van der Waals surface area contributed by atoms with Gasteiger partial charge in [0.05, 0.1) is 19.0 Å². The number of amides is 1. The molecule has 4 rings (SSSR count). The van der Waals surface area contributed by atoms with E-state index in [9.17, 15) is 9.59 Å². The highest BCUT2D eigenvalue weighted by Crippen LogP contribution is 2.34. The van der Waals surface area contributed by atoms with Gasteiger partial charge in [0.1, 0.15) is 0 Å². The Hall–Kier alpha value is -2.47. The lowest BCUT2D eigenvalue weighted by molar-refractivity contribution is -0.117. The number of anilines is 1. The van der Waals surface area contributed by atoms with Crippen LogP contribution in [-0.2, 0) is 4.79 Å². The van der Waals surface area contributed by atoms with Crippen LogP contribution in [0.2, 0.25) is 0 Å². The van der Waals surface area contributed by atoms with Crippen LogP contribution in [0.5, 0.6) is 11.5 Å². The lowest BCUT2D eigenvalue weighted by Gasteiger charge is -2.16. The van der Waals surface area contributed by atoms with Crippen LogP contribution in [0.25, 0.3) is 0 Å². The van der Waals surface area contributed by atoms with Crippen molar-refractivity contribution in [2.45, 2.75) is 24.2 Å². The summed E-state index contributed by atoms with van der Waals surface area (Å²) in [5.74, 6) is 1.99. The SMILES string of the molecule is O=C(CSc1ccc2c(c1)OCCCO2)c1cccc(N2CCCC2=O)c1. The summed E-state index contributed by atoms with van der Waals surface area (Å²) in [5.41, 5.74) is 1.44. The van der Waals surface area contributed by atoms with Gasteiger partial charge in [-0.05, 0) is 36.8 Å². The summed E-state index contributed by atoms with van der Waals surface area (Å²) < 4.78 is 11.3. The van der Waals surface area contributed by atoms with Crippen molar-refractivity contribution >= 4 is 29.1 Å². The van der Waals surface area contributed by atoms with Crippen LogP contribution < -0.4 is 14.4 Å². The van der Waals surface area contributed by atoms with Crippen LogP contribution in [0.1, 0.15) is 29.6 Å². The molecule has 1 amide bonds. The van der Waals surface area contributed by atoms with Gasteiger partial charge < -0.3 is 14.4 Å². The van der Waals surface area contributed by atoms with Gasteiger partial charge in [-0.15, -0.1) is 11.8 Å². The van der Waals surface area contributed by atoms with E-state index < -0.39 is 0 Å². The van der Waals surface area contributed by atoms with Gasteiger partial charge in [0.25, 0.3) is 0 Å². The molecule has 0 unspecified atom stereocenters. The number of Topliss-reactive ketones (excluding diaryl/α,β-unsaturated/α-hetero) is 1. The van der Waals surface area contributed by atoms with Gasteiger partial charge in [-0.25, -0.2) is 0 Å². The van der Waals surface area contributed by atoms with Crippen molar-refractivity contribution in [3.8, 4) is 11.5 Å². The van der Waals surface area contributed by atoms with Gasteiger partial charge in [-0.1, -0.05) is 12.1 Å². The first-order valence-electron chi connectivity index (χ1n) is 9.17. The fraction of sp³-hybridized carbons (Fsp3) is 0.333. The number of nitrogens with zero attached hydrogens (tertiary/aromatic N) is 1. The van der Waals surface area contributed by atoms with Crippen LogP contribution >= 0.6 is 11.8 Å². The Balaban J connectivity index is 1.42. The Morgan fingerprint density at radius 2 is 1.89 bits per heavy atom. The van der Waals surface area contributed by atoms with Crippen LogP contribution in [0.3, 0.4) is 0 Å². The summed E-state index contributed by atoms with van der Waals surface area (Å²) in [5, 5.41) is 0. The summed E-state index contributed by atoms with van der Waals surface area (Å²) in [7, 11) is 0. The Bertz CT molecular complexity index is 867. The predicted molar refractivity (Wildman–Crippen MR) is 105 cm³/mol. The molecule has 0 aliphatic carbocycles. The topological polar surface area (TPSA) is 55.8 Å². The van der Waals surface area contributed by atoms with E-state index in [2.05, 4.69) is 0 Å². The number of hydrogen-bond donors (Lipinski definition) is 0. The van der Waals surface area contributed by atoms with Crippen molar-refractivity contribution in [1.29, 1.82) is 0 Å². The number of thioether (sulfide) groups is 1. The van der Waals surface area contributed by atoms with Crippen molar-refractivity contribution < 1.29 is 19.1 Å². The minimum Gasteiger partial charge on any atom is -0.490 e. The molecular weight excluding hydrogens is 362 g/mol. The van der Waals surface area contributed by atoms with Crippen molar-refractivity contribution in [2.75, 3.05) is 30.4 Å². The van der Waals surface area contributed by atoms with Crippen LogP contribution in [0, 0.1) is 0 Å². The zero-order valence-electron chi connectivity index (χ0n) is 15.0. The van der Waals surface area contributed by atoms with E-state index in [1.54, 1.807) is 11.0 Å². The quantitative estimate of drug-likeness (QED) is 0.578. The molecule has 0 bridgehead atoms. The van der Waals surface area contributed by atoms with Gasteiger partial charge in [0, 0.05) is 35.5 Å². The second kappa shape index (κ2) is 8.05. The Labute approximate surface area is 162 Å². The molecule has 0 saturated carbocycles. The normalized spacial score (nSPS) is 16.3. The molecule has 2 heterocycles. The lowest BCUT2D eigenvalue weighted by atomic mass is 10.1. The second-order valence-electron chi connectivity index (χ2n) is 6.57. The van der Waals surface area contributed by atoms with E-state index in [-0.39, 0.29) is 11.7 Å². The molecule has 0 N–H and O–H groups in total. The summed E-state index contributed by atoms with van der Waals surface area (Å²) in [6, 6.07) is 13.1. The predicted octanol–water partition coefficient (Wildman–Crippen LogP) is 3.95. The van der Waals surface area contributed by atoms with Crippen LogP contribution in [-0.4, -0.2) is 37.2 Å². The zero-order chi connectivity index (χ0) is 18.6. The lowest BCUT2D eigenvalue weighted by Crippen LogP contribution is -2.23. The van der Waals surface area contributed by atoms with Crippen molar-refractivity contribution in [2.24, 2.45) is 0 Å². The largest absolute Gasteiger partial charge is 0.490 e. The van der Waals surface area contributed by atoms with E-state index in [4.69, 9.17) is 9.47 Å². The minimum atomic E-state index is 0.0422. The summed E-state index contributed by atoms with van der Waals surface area (Å²) in [6.45, 7) is 2.03. The molecule has 5 nitrogen and oxygen atoms in total. The van der Waals surface area contributed by atoms with Gasteiger partial charge >= 0.3 is 0 Å². The average Bonchev–Trinajstić information content (AvgIpc) is 2.98. The number of carbonyl (C=O) groups is 2. The molecule has 0 radical (unpaired) electrons. The maximum absolute atomic E-state index is 12.6. The highest BCUT2D eigenvalue weighted by Gasteiger charge is 2.22. The highest BCUT2D eigenvalue weighted by molar-refractivity contribution is 8.00. The van der Waals surface area contributed by atoms with Crippen molar-refractivity contribution in [3.05, 3.63) is 48.0 Å². The van der Waals surface area contributed by atoms with Gasteiger partial charge in [-0.3, -0.25) is 9.59 Å². The first-order chi connectivity index (χ1) is 13.2. The molecule has 2 aliphatic rings. The van der Waals surface area contributed by atoms with Gasteiger partial charge in [-0.2, -0.15) is 0 Å². The standard InChI is InChI=1S/C21H21NO4S/c23-18(15-4-1-5-16(12-15)22-9-2-6-21(22)24)14-27-17-7-8-19-20(13-17)26-11-3-10-25-19/h1,4-5,7-8,12-13H,2-3,6,9-11,14H2. The third-order valence-electron chi connectivity index (χ3n) is 4.64. The monoisotopic (exact) mass is 383 g/mol. The number of benzene rings is 2. The maximum atomic E-state index is 12.6. The molecule has 6 heteroatoms. The van der Waals surface area contributed by atoms with E-state index in [0.29, 0.717) is 31.0 Å². The maximum Gasteiger partial charge on any atom is 0.227 e. The van der Waals surface area contributed by atoms with E-state index in [1.165, 1.54) is 11.8 Å². The number of hydrogen-bond acceptors (Lipinski definition) is 5. The first-order valence-corrected chi connectivity index (χ1v) is 10.2. The van der Waals surface area contributed by atoms with Gasteiger partial charge in [0.2, 0.25) is 5.91 Å². The molecule has 2 aromatic rings. The van der Waals surface area contributed by atoms with Crippen LogP contribution in [0.15, 0.2) is 47.4 Å². The summed E-state index contributed by atoms with van der Waals surface area (Å²) in [4.78, 5) is 27.3. The number of ether oxygens (including phenoxy) is 2. The van der Waals surface area contributed by atoms with E-state index >= 15 is 0 Å². The number of ketones is 1. The van der Waals surface area contributed by atoms with Crippen molar-refractivity contribution in [3.63, 3.8) is 0 Å². The summed E-state index contributed by atoms with van der Waals surface area (Å²) in [6.07, 6.45) is 2.32. The zero-order valence-corrected chi connectivity index (χ0v) is 15.8. The first kappa shape index (κ1) is 17.9. The minimum absolute atomic E-state index is 0.0422. The second-order valence-corrected chi connectivity index (χ2v) is 7.62. The molecule has 1 fully saturated rings. The molecule has 0 atom stereocenters. The molecule has 2 aromatic carbocycles. The average molecular weight is 383 g/mol.